The number of rotatable bonds is 4. The van der Waals surface area contributed by atoms with E-state index in [1.165, 1.54) is 0 Å². The molecule has 1 fully saturated rings. The number of aromatic nitrogens is 2. The largest absolute Gasteiger partial charge is 0.342 e. The molecule has 1 aromatic heterocycles. The highest BCUT2D eigenvalue weighted by Crippen LogP contribution is 2.17. The molecule has 0 aromatic carbocycles. The van der Waals surface area contributed by atoms with Crippen LogP contribution in [0.3, 0.4) is 0 Å². The first kappa shape index (κ1) is 14.5. The van der Waals surface area contributed by atoms with Crippen LogP contribution >= 0.6 is 0 Å². The smallest absolute Gasteiger partial charge is 0.248 e. The van der Waals surface area contributed by atoms with Crippen LogP contribution in [0.1, 0.15) is 38.4 Å². The Kier molecular flexibility index (Phi) is 4.06. The van der Waals surface area contributed by atoms with Gasteiger partial charge in [0.1, 0.15) is 5.54 Å². The molecule has 7 nitrogen and oxygen atoms in total. The third kappa shape index (κ3) is 2.97. The first-order valence-electron chi connectivity index (χ1n) is 6.84. The quantitative estimate of drug-likeness (QED) is 0.864. The van der Waals surface area contributed by atoms with E-state index in [2.05, 4.69) is 15.5 Å². The van der Waals surface area contributed by atoms with Crippen LogP contribution in [0.25, 0.3) is 0 Å². The molecule has 1 aliphatic rings. The van der Waals surface area contributed by atoms with Crippen molar-refractivity contribution >= 4 is 11.8 Å². The van der Waals surface area contributed by atoms with Gasteiger partial charge in [0.15, 0.2) is 5.82 Å². The maximum Gasteiger partial charge on any atom is 0.248 e. The van der Waals surface area contributed by atoms with E-state index in [-0.39, 0.29) is 11.8 Å². The molecule has 0 spiro atoms. The van der Waals surface area contributed by atoms with Crippen molar-refractivity contribution in [2.24, 2.45) is 0 Å². The van der Waals surface area contributed by atoms with Gasteiger partial charge in [-0.3, -0.25) is 9.59 Å². The highest BCUT2D eigenvalue weighted by atomic mass is 16.5. The van der Waals surface area contributed by atoms with Crippen molar-refractivity contribution in [3.8, 4) is 0 Å². The minimum Gasteiger partial charge on any atom is -0.342 e. The molecule has 1 atom stereocenters. The predicted molar refractivity (Wildman–Crippen MR) is 70.8 cm³/mol. The number of hydrogen-bond acceptors (Lipinski definition) is 5. The van der Waals surface area contributed by atoms with E-state index >= 15 is 0 Å². The third-order valence-corrected chi connectivity index (χ3v) is 3.67. The molecule has 0 radical (unpaired) electrons. The Morgan fingerprint density at radius 2 is 2.20 bits per heavy atom. The Bertz CT molecular complexity index is 513. The molecular formula is C13H20N4O3. The average Bonchev–Trinajstić information content (AvgIpc) is 2.79. The summed E-state index contributed by atoms with van der Waals surface area (Å²) in [6.07, 6.45) is 1.42. The number of nitrogens with zero attached hydrogens (tertiary/aromatic N) is 3. The van der Waals surface area contributed by atoms with E-state index in [0.717, 1.165) is 0 Å². The van der Waals surface area contributed by atoms with E-state index in [1.54, 1.807) is 18.7 Å². The summed E-state index contributed by atoms with van der Waals surface area (Å²) in [6, 6.07) is 0. The second kappa shape index (κ2) is 5.60. The fraction of sp³-hybridized carbons (Fsp3) is 0.692. The summed E-state index contributed by atoms with van der Waals surface area (Å²) >= 11 is 0. The molecular weight excluding hydrogens is 260 g/mol. The molecule has 2 amide bonds. The molecule has 0 aliphatic carbocycles. The summed E-state index contributed by atoms with van der Waals surface area (Å²) in [7, 11) is 0. The number of hydrogen-bond donors (Lipinski definition) is 1. The Balaban J connectivity index is 2.06. The lowest BCUT2D eigenvalue weighted by Crippen LogP contribution is -2.54. The van der Waals surface area contributed by atoms with E-state index in [9.17, 15) is 9.59 Å². The van der Waals surface area contributed by atoms with Gasteiger partial charge in [-0.15, -0.1) is 0 Å². The zero-order valence-corrected chi connectivity index (χ0v) is 12.1. The Hall–Kier alpha value is -1.92. The van der Waals surface area contributed by atoms with E-state index in [1.807, 2.05) is 6.92 Å². The Labute approximate surface area is 117 Å². The van der Waals surface area contributed by atoms with Crippen molar-refractivity contribution in [3.63, 3.8) is 0 Å². The Morgan fingerprint density at radius 3 is 2.80 bits per heavy atom. The summed E-state index contributed by atoms with van der Waals surface area (Å²) in [5.41, 5.74) is -0.819. The fourth-order valence-electron chi connectivity index (χ4n) is 2.24. The van der Waals surface area contributed by atoms with Gasteiger partial charge in [0, 0.05) is 32.9 Å². The van der Waals surface area contributed by atoms with E-state index < -0.39 is 5.54 Å². The lowest BCUT2D eigenvalue weighted by atomic mass is 9.97. The standard InChI is InChI=1S/C13H20N4O3/c1-4-13(3)12(19)17(8-6-11(18)15-13)7-5-10-14-9(2)20-16-10/h4-8H2,1-3H3,(H,15,18). The average molecular weight is 280 g/mol. The van der Waals surface area contributed by atoms with Crippen LogP contribution in [-0.4, -0.2) is 45.5 Å². The topological polar surface area (TPSA) is 88.3 Å². The molecule has 110 valence electrons. The van der Waals surface area contributed by atoms with Crippen molar-refractivity contribution in [3.05, 3.63) is 11.7 Å². The molecule has 1 aromatic rings. The number of carbonyl (C=O) groups excluding carboxylic acids is 2. The molecule has 1 N–H and O–H groups in total. The second-order valence-corrected chi connectivity index (χ2v) is 5.26. The molecule has 0 bridgehead atoms. The van der Waals surface area contributed by atoms with Crippen molar-refractivity contribution in [2.45, 2.75) is 45.6 Å². The van der Waals surface area contributed by atoms with Gasteiger partial charge in [0.25, 0.3) is 0 Å². The maximum absolute atomic E-state index is 12.5. The number of amides is 2. The molecule has 2 rings (SSSR count). The van der Waals surface area contributed by atoms with Gasteiger partial charge < -0.3 is 14.7 Å². The van der Waals surface area contributed by atoms with Crippen LogP contribution in [-0.2, 0) is 16.0 Å². The normalized spacial score (nSPS) is 23.6. The number of nitrogens with one attached hydrogen (secondary N) is 1. The summed E-state index contributed by atoms with van der Waals surface area (Å²) in [4.78, 5) is 30.0. The van der Waals surface area contributed by atoms with E-state index in [0.29, 0.717) is 44.1 Å². The maximum atomic E-state index is 12.5. The molecule has 7 heteroatoms. The minimum atomic E-state index is -0.819. The van der Waals surface area contributed by atoms with Gasteiger partial charge in [-0.2, -0.15) is 4.98 Å². The van der Waals surface area contributed by atoms with Crippen LogP contribution in [0.4, 0.5) is 0 Å². The fourth-order valence-corrected chi connectivity index (χ4v) is 2.24. The Morgan fingerprint density at radius 1 is 1.45 bits per heavy atom. The number of carbonyl (C=O) groups is 2. The molecule has 2 heterocycles. The highest BCUT2D eigenvalue weighted by molar-refractivity contribution is 5.93. The third-order valence-electron chi connectivity index (χ3n) is 3.67. The molecule has 0 saturated carbocycles. The van der Waals surface area contributed by atoms with Crippen molar-refractivity contribution in [1.82, 2.24) is 20.4 Å². The van der Waals surface area contributed by atoms with Crippen molar-refractivity contribution in [1.29, 1.82) is 0 Å². The monoisotopic (exact) mass is 280 g/mol. The van der Waals surface area contributed by atoms with Gasteiger partial charge in [-0.1, -0.05) is 12.1 Å². The van der Waals surface area contributed by atoms with Gasteiger partial charge in [0.05, 0.1) is 0 Å². The summed E-state index contributed by atoms with van der Waals surface area (Å²) in [5.74, 6) is 0.959. The SMILES string of the molecule is CCC1(C)NC(=O)CCN(CCc2noc(C)n2)C1=O. The lowest BCUT2D eigenvalue weighted by Gasteiger charge is -2.31. The summed E-state index contributed by atoms with van der Waals surface area (Å²) in [5, 5.41) is 6.62. The van der Waals surface area contributed by atoms with Gasteiger partial charge in [0.2, 0.25) is 17.7 Å². The van der Waals surface area contributed by atoms with Crippen molar-refractivity contribution in [2.75, 3.05) is 13.1 Å². The molecule has 1 aliphatic heterocycles. The highest BCUT2D eigenvalue weighted by Gasteiger charge is 2.38. The first-order valence-corrected chi connectivity index (χ1v) is 6.84. The summed E-state index contributed by atoms with van der Waals surface area (Å²) in [6.45, 7) is 6.30. The van der Waals surface area contributed by atoms with E-state index in [4.69, 9.17) is 4.52 Å². The van der Waals surface area contributed by atoms with Gasteiger partial charge in [-0.25, -0.2) is 0 Å². The molecule has 1 saturated heterocycles. The lowest BCUT2D eigenvalue weighted by molar-refractivity contribution is -0.138. The van der Waals surface area contributed by atoms with Crippen molar-refractivity contribution < 1.29 is 14.1 Å². The van der Waals surface area contributed by atoms with Crippen LogP contribution < -0.4 is 5.32 Å². The number of aryl methyl sites for hydroxylation is 1. The molecule has 20 heavy (non-hydrogen) atoms. The van der Waals surface area contributed by atoms with Gasteiger partial charge in [-0.05, 0) is 13.3 Å². The van der Waals surface area contributed by atoms with Crippen LogP contribution in [0.15, 0.2) is 4.52 Å². The zero-order chi connectivity index (χ0) is 14.8. The predicted octanol–water partition coefficient (Wildman–Crippen LogP) is 0.438. The zero-order valence-electron chi connectivity index (χ0n) is 12.1. The minimum absolute atomic E-state index is 0.0499. The summed E-state index contributed by atoms with van der Waals surface area (Å²) < 4.78 is 4.90. The molecule has 1 unspecified atom stereocenters. The second-order valence-electron chi connectivity index (χ2n) is 5.26. The van der Waals surface area contributed by atoms with Crippen LogP contribution in [0, 0.1) is 6.92 Å². The van der Waals surface area contributed by atoms with Crippen LogP contribution in [0.5, 0.6) is 0 Å². The first-order chi connectivity index (χ1) is 9.44. The van der Waals surface area contributed by atoms with Crippen LogP contribution in [0.2, 0.25) is 0 Å². The van der Waals surface area contributed by atoms with Gasteiger partial charge >= 0.3 is 0 Å².